The molecule has 0 radical (unpaired) electrons. The van der Waals surface area contributed by atoms with Gasteiger partial charge in [-0.3, -0.25) is 9.59 Å². The van der Waals surface area contributed by atoms with E-state index in [9.17, 15) is 14.7 Å². The van der Waals surface area contributed by atoms with Gasteiger partial charge in [-0.05, 0) is 19.8 Å². The number of hydrogen-bond acceptors (Lipinski definition) is 5. The number of carboxylic acids is 1. The Balaban J connectivity index is 2.26. The number of aliphatic hydroxyl groups excluding tert-OH is 1. The summed E-state index contributed by atoms with van der Waals surface area (Å²) in [5, 5.41) is 30.0. The van der Waals surface area contributed by atoms with Crippen molar-refractivity contribution in [1.29, 1.82) is 0 Å². The molecule has 0 saturated carbocycles. The molecule has 0 aromatic rings. The van der Waals surface area contributed by atoms with Crippen molar-refractivity contribution in [3.8, 4) is 0 Å². The molecule has 1 atom stereocenters. The number of amides is 1. The first-order valence-corrected chi connectivity index (χ1v) is 6.40. The monoisotopic (exact) mass is 274 g/mol. The minimum Gasteiger partial charge on any atom is -0.481 e. The smallest absolute Gasteiger partial charge is 0.306 e. The van der Waals surface area contributed by atoms with E-state index >= 15 is 0 Å². The molecule has 0 bridgehead atoms. The number of aliphatic hydroxyl groups is 2. The van der Waals surface area contributed by atoms with Gasteiger partial charge in [-0.2, -0.15) is 0 Å². The third-order valence-corrected chi connectivity index (χ3v) is 3.32. The number of carboxylic acid groups (broad SMARTS) is 1. The molecule has 1 rings (SSSR count). The van der Waals surface area contributed by atoms with Crippen molar-refractivity contribution in [1.82, 2.24) is 10.2 Å². The lowest BCUT2D eigenvalue weighted by Gasteiger charge is -2.30. The Morgan fingerprint density at radius 2 is 1.95 bits per heavy atom. The normalized spacial score (nSPS) is 20.1. The molecular formula is C12H22N2O5. The molecule has 1 unspecified atom stereocenters. The largest absolute Gasteiger partial charge is 0.481 e. The van der Waals surface area contributed by atoms with Gasteiger partial charge in [0.2, 0.25) is 5.91 Å². The number of likely N-dealkylation sites (tertiary alicyclic amines) is 1. The Morgan fingerprint density at radius 1 is 1.37 bits per heavy atom. The lowest BCUT2D eigenvalue weighted by Crippen LogP contribution is -2.47. The Morgan fingerprint density at radius 3 is 2.42 bits per heavy atom. The van der Waals surface area contributed by atoms with E-state index in [-0.39, 0.29) is 31.5 Å². The van der Waals surface area contributed by atoms with Crippen LogP contribution in [0.5, 0.6) is 0 Å². The molecule has 7 nitrogen and oxygen atoms in total. The number of carbonyl (C=O) groups is 2. The van der Waals surface area contributed by atoms with E-state index in [0.29, 0.717) is 25.9 Å². The van der Waals surface area contributed by atoms with Crippen molar-refractivity contribution in [2.45, 2.75) is 25.4 Å². The van der Waals surface area contributed by atoms with Crippen molar-refractivity contribution in [2.75, 3.05) is 32.8 Å². The van der Waals surface area contributed by atoms with Crippen LogP contribution in [0.1, 0.15) is 19.8 Å². The van der Waals surface area contributed by atoms with Crippen LogP contribution in [0.25, 0.3) is 0 Å². The second kappa shape index (κ2) is 6.83. The van der Waals surface area contributed by atoms with Gasteiger partial charge >= 0.3 is 5.97 Å². The van der Waals surface area contributed by atoms with Crippen LogP contribution in [0.2, 0.25) is 0 Å². The van der Waals surface area contributed by atoms with Crippen LogP contribution in [0.4, 0.5) is 0 Å². The van der Waals surface area contributed by atoms with Crippen molar-refractivity contribution < 1.29 is 24.9 Å². The number of rotatable bonds is 6. The van der Waals surface area contributed by atoms with E-state index in [1.165, 1.54) is 6.92 Å². The first kappa shape index (κ1) is 15.9. The zero-order chi connectivity index (χ0) is 14.5. The third kappa shape index (κ3) is 5.14. The van der Waals surface area contributed by atoms with Gasteiger partial charge in [0.25, 0.3) is 0 Å². The minimum absolute atomic E-state index is 0.0773. The molecule has 1 amide bonds. The summed E-state index contributed by atoms with van der Waals surface area (Å²) < 4.78 is 0. The van der Waals surface area contributed by atoms with Crippen LogP contribution in [0.15, 0.2) is 0 Å². The molecular weight excluding hydrogens is 252 g/mol. The highest BCUT2D eigenvalue weighted by Gasteiger charge is 2.27. The second-order valence-electron chi connectivity index (χ2n) is 5.25. The summed E-state index contributed by atoms with van der Waals surface area (Å²) in [6.07, 6.45) is 0.963. The van der Waals surface area contributed by atoms with Gasteiger partial charge in [-0.25, -0.2) is 0 Å². The average molecular weight is 274 g/mol. The molecule has 1 fully saturated rings. The van der Waals surface area contributed by atoms with Crippen molar-refractivity contribution in [2.24, 2.45) is 5.92 Å². The van der Waals surface area contributed by atoms with Crippen molar-refractivity contribution >= 4 is 11.9 Å². The SMILES string of the molecule is CC(O)(CO)CNCC(=O)N1CCC(C(=O)O)CC1. The van der Waals surface area contributed by atoms with E-state index in [1.54, 1.807) is 4.90 Å². The lowest BCUT2D eigenvalue weighted by atomic mass is 9.97. The maximum atomic E-state index is 11.8. The van der Waals surface area contributed by atoms with Crippen molar-refractivity contribution in [3.63, 3.8) is 0 Å². The van der Waals surface area contributed by atoms with Gasteiger partial charge in [0.1, 0.15) is 0 Å². The second-order valence-corrected chi connectivity index (χ2v) is 5.25. The molecule has 0 aliphatic carbocycles. The quantitative estimate of drug-likeness (QED) is 0.476. The molecule has 1 saturated heterocycles. The highest BCUT2D eigenvalue weighted by atomic mass is 16.4. The molecule has 1 heterocycles. The zero-order valence-corrected chi connectivity index (χ0v) is 11.1. The maximum Gasteiger partial charge on any atom is 0.306 e. The van der Waals surface area contributed by atoms with E-state index < -0.39 is 11.6 Å². The van der Waals surface area contributed by atoms with Gasteiger partial charge in [0.05, 0.1) is 24.7 Å². The molecule has 110 valence electrons. The van der Waals surface area contributed by atoms with Crippen LogP contribution in [0.3, 0.4) is 0 Å². The number of nitrogens with one attached hydrogen (secondary N) is 1. The predicted octanol–water partition coefficient (Wildman–Crippen LogP) is -1.36. The van der Waals surface area contributed by atoms with E-state index in [0.717, 1.165) is 0 Å². The molecule has 1 aliphatic rings. The Labute approximate surface area is 112 Å². The first-order valence-electron chi connectivity index (χ1n) is 6.40. The van der Waals surface area contributed by atoms with Crippen LogP contribution in [-0.2, 0) is 9.59 Å². The number of carbonyl (C=O) groups excluding carboxylic acids is 1. The fourth-order valence-corrected chi connectivity index (χ4v) is 1.98. The summed E-state index contributed by atoms with van der Waals surface area (Å²) in [5.41, 5.74) is -1.24. The maximum absolute atomic E-state index is 11.8. The lowest BCUT2D eigenvalue weighted by molar-refractivity contribution is -0.145. The Bertz CT molecular complexity index is 324. The molecule has 1 aliphatic heterocycles. The summed E-state index contributed by atoms with van der Waals surface area (Å²) in [6, 6.07) is 0. The number of piperidine rings is 1. The van der Waals surface area contributed by atoms with Crippen LogP contribution in [-0.4, -0.2) is 70.5 Å². The third-order valence-electron chi connectivity index (χ3n) is 3.32. The summed E-state index contributed by atoms with van der Waals surface area (Å²) >= 11 is 0. The van der Waals surface area contributed by atoms with Crippen LogP contribution >= 0.6 is 0 Å². The van der Waals surface area contributed by atoms with Crippen LogP contribution in [0, 0.1) is 5.92 Å². The first-order chi connectivity index (χ1) is 8.85. The summed E-state index contributed by atoms with van der Waals surface area (Å²) in [6.45, 7) is 2.21. The summed E-state index contributed by atoms with van der Waals surface area (Å²) in [5.74, 6) is -1.27. The zero-order valence-electron chi connectivity index (χ0n) is 11.1. The van der Waals surface area contributed by atoms with E-state index in [1.807, 2.05) is 0 Å². The fourth-order valence-electron chi connectivity index (χ4n) is 1.98. The standard InChI is InChI=1S/C12H22N2O5/c1-12(19,8-15)7-13-6-10(16)14-4-2-9(3-5-14)11(17)18/h9,13,15,19H,2-8H2,1H3,(H,17,18). The van der Waals surface area contributed by atoms with Gasteiger partial charge in [-0.1, -0.05) is 0 Å². The predicted molar refractivity (Wildman–Crippen MR) is 67.5 cm³/mol. The minimum atomic E-state index is -1.24. The molecule has 7 heteroatoms. The summed E-state index contributed by atoms with van der Waals surface area (Å²) in [7, 11) is 0. The van der Waals surface area contributed by atoms with Crippen molar-refractivity contribution in [3.05, 3.63) is 0 Å². The van der Waals surface area contributed by atoms with Gasteiger partial charge in [-0.15, -0.1) is 0 Å². The molecule has 19 heavy (non-hydrogen) atoms. The van der Waals surface area contributed by atoms with E-state index in [2.05, 4.69) is 5.32 Å². The average Bonchev–Trinajstić information content (AvgIpc) is 2.38. The van der Waals surface area contributed by atoms with Gasteiger partial charge in [0, 0.05) is 19.6 Å². The summed E-state index contributed by atoms with van der Waals surface area (Å²) in [4.78, 5) is 24.2. The fraction of sp³-hybridized carbons (Fsp3) is 0.833. The Hall–Kier alpha value is -1.18. The molecule has 0 spiro atoms. The van der Waals surface area contributed by atoms with E-state index in [4.69, 9.17) is 10.2 Å². The molecule has 4 N–H and O–H groups in total. The van der Waals surface area contributed by atoms with Crippen LogP contribution < -0.4 is 5.32 Å². The highest BCUT2D eigenvalue weighted by molar-refractivity contribution is 5.78. The van der Waals surface area contributed by atoms with Gasteiger partial charge < -0.3 is 25.5 Å². The molecule has 0 aromatic heterocycles. The Kier molecular flexibility index (Phi) is 5.71. The molecule has 0 aromatic carbocycles. The number of hydrogen-bond donors (Lipinski definition) is 4. The topological polar surface area (TPSA) is 110 Å². The number of aliphatic carboxylic acids is 1. The van der Waals surface area contributed by atoms with Gasteiger partial charge in [0.15, 0.2) is 0 Å². The number of nitrogens with zero attached hydrogens (tertiary/aromatic N) is 1. The highest BCUT2D eigenvalue weighted by Crippen LogP contribution is 2.17.